The standard InChI is InChI=1S/C35H32N7PS2/c1-36-34(44)41-39-33(28-22-24-37-25-23-28)32(27-14-6-2-7-15-27)40-42-35(45)38-26-43(29-16-8-3-9-17-29,30-18-10-4-11-19-30)31-20-12-5-13-21-31/h2-25H,26H2,1H3,(H3-,36,37,38,39,40,41,42,44,45)/p+1. The molecule has 1 aromatic heterocycles. The fraction of sp³-hybridized carbons (Fsp3) is 0.0571. The van der Waals surface area contributed by atoms with E-state index in [-0.39, 0.29) is 0 Å². The van der Waals surface area contributed by atoms with Crippen LogP contribution in [0.25, 0.3) is 0 Å². The van der Waals surface area contributed by atoms with E-state index in [4.69, 9.17) is 29.5 Å². The van der Waals surface area contributed by atoms with Gasteiger partial charge in [-0.1, -0.05) is 84.9 Å². The molecule has 5 aromatic rings. The van der Waals surface area contributed by atoms with Crippen LogP contribution in [0.15, 0.2) is 156 Å². The number of nitrogens with zero attached hydrogens (tertiary/aromatic N) is 3. The van der Waals surface area contributed by atoms with Crippen LogP contribution < -0.4 is 37.4 Å². The van der Waals surface area contributed by atoms with Gasteiger partial charge >= 0.3 is 0 Å². The van der Waals surface area contributed by atoms with Crippen molar-refractivity contribution in [3.8, 4) is 0 Å². The molecular weight excluding hydrogens is 614 g/mol. The molecule has 0 atom stereocenters. The summed E-state index contributed by atoms with van der Waals surface area (Å²) in [5.41, 5.74) is 8.81. The summed E-state index contributed by atoms with van der Waals surface area (Å²) >= 11 is 11.2. The number of pyridine rings is 1. The highest BCUT2D eigenvalue weighted by atomic mass is 32.1. The van der Waals surface area contributed by atoms with E-state index in [1.165, 1.54) is 15.9 Å². The largest absolute Gasteiger partial charge is 0.364 e. The maximum atomic E-state index is 5.86. The highest BCUT2D eigenvalue weighted by Gasteiger charge is 2.45. The van der Waals surface area contributed by atoms with Crippen molar-refractivity contribution >= 4 is 69.3 Å². The van der Waals surface area contributed by atoms with Crippen molar-refractivity contribution in [1.82, 2.24) is 26.5 Å². The van der Waals surface area contributed by atoms with Crippen LogP contribution in [-0.4, -0.2) is 40.0 Å². The molecule has 0 bridgehead atoms. The Balaban J connectivity index is 1.51. The minimum atomic E-state index is -2.15. The van der Waals surface area contributed by atoms with Crippen molar-refractivity contribution in [3.05, 3.63) is 157 Å². The Labute approximate surface area is 275 Å². The fourth-order valence-electron chi connectivity index (χ4n) is 4.88. The lowest BCUT2D eigenvalue weighted by Crippen LogP contribution is -2.42. The van der Waals surface area contributed by atoms with Crippen LogP contribution >= 0.6 is 31.7 Å². The van der Waals surface area contributed by atoms with Gasteiger partial charge in [0.1, 0.15) is 40.9 Å². The first kappa shape index (κ1) is 31.6. The molecule has 0 saturated carbocycles. The molecule has 0 spiro atoms. The number of hydrogen-bond donors (Lipinski definition) is 4. The van der Waals surface area contributed by atoms with Gasteiger partial charge in [0.2, 0.25) is 0 Å². The molecular formula is C35H33N7PS2+. The van der Waals surface area contributed by atoms with E-state index in [9.17, 15) is 0 Å². The molecule has 0 amide bonds. The van der Waals surface area contributed by atoms with E-state index in [0.717, 1.165) is 11.1 Å². The number of aromatic nitrogens is 1. The third-order valence-corrected chi connectivity index (χ3v) is 11.8. The van der Waals surface area contributed by atoms with E-state index in [1.807, 2.05) is 60.7 Å². The van der Waals surface area contributed by atoms with Crippen molar-refractivity contribution in [2.75, 3.05) is 13.3 Å². The lowest BCUT2D eigenvalue weighted by atomic mass is 10.0. The predicted molar refractivity (Wildman–Crippen MR) is 197 cm³/mol. The van der Waals surface area contributed by atoms with E-state index in [2.05, 4.69) is 104 Å². The summed E-state index contributed by atoms with van der Waals surface area (Å²) in [5, 5.41) is 20.4. The summed E-state index contributed by atoms with van der Waals surface area (Å²) in [6, 6.07) is 45.5. The van der Waals surface area contributed by atoms with Gasteiger partial charge in [-0.25, -0.2) is 0 Å². The van der Waals surface area contributed by atoms with Crippen molar-refractivity contribution in [2.24, 2.45) is 10.2 Å². The molecule has 224 valence electrons. The van der Waals surface area contributed by atoms with Crippen molar-refractivity contribution < 1.29 is 0 Å². The molecule has 4 N–H and O–H groups in total. The lowest BCUT2D eigenvalue weighted by Gasteiger charge is -2.28. The highest BCUT2D eigenvalue weighted by molar-refractivity contribution is 7.95. The molecule has 0 radical (unpaired) electrons. The third-order valence-electron chi connectivity index (χ3n) is 7.06. The van der Waals surface area contributed by atoms with Crippen LogP contribution in [0, 0.1) is 0 Å². The third kappa shape index (κ3) is 7.83. The summed E-state index contributed by atoms with van der Waals surface area (Å²) in [6.45, 7) is 0. The molecule has 0 aliphatic carbocycles. The van der Waals surface area contributed by atoms with E-state index in [0.29, 0.717) is 27.9 Å². The molecule has 4 aromatic carbocycles. The van der Waals surface area contributed by atoms with Crippen LogP contribution in [0.4, 0.5) is 0 Å². The van der Waals surface area contributed by atoms with Crippen LogP contribution in [-0.2, 0) is 0 Å². The number of hydrogen-bond acceptors (Lipinski definition) is 5. The van der Waals surface area contributed by atoms with Gasteiger partial charge < -0.3 is 10.6 Å². The molecule has 0 saturated heterocycles. The summed E-state index contributed by atoms with van der Waals surface area (Å²) in [5.74, 6) is 0. The number of thiocarbonyl (C=S) groups is 2. The monoisotopic (exact) mass is 646 g/mol. The normalized spacial score (nSPS) is 11.8. The van der Waals surface area contributed by atoms with E-state index in [1.54, 1.807) is 19.4 Å². The van der Waals surface area contributed by atoms with Crippen molar-refractivity contribution in [3.63, 3.8) is 0 Å². The van der Waals surface area contributed by atoms with Crippen LogP contribution in [0.1, 0.15) is 11.1 Å². The Morgan fingerprint density at radius 2 is 0.978 bits per heavy atom. The first-order chi connectivity index (χ1) is 22.1. The Hall–Kier alpha value is -4.82. The van der Waals surface area contributed by atoms with Crippen molar-refractivity contribution in [2.45, 2.75) is 0 Å². The Bertz CT molecular complexity index is 1660. The molecule has 45 heavy (non-hydrogen) atoms. The average Bonchev–Trinajstić information content (AvgIpc) is 3.12. The number of benzene rings is 4. The summed E-state index contributed by atoms with van der Waals surface area (Å²) in [6.07, 6.45) is 4.02. The van der Waals surface area contributed by atoms with Gasteiger partial charge in [0.05, 0.1) is 0 Å². The fourth-order valence-corrected chi connectivity index (χ4v) is 9.03. The van der Waals surface area contributed by atoms with Crippen LogP contribution in [0.5, 0.6) is 0 Å². The molecule has 7 nitrogen and oxygen atoms in total. The second-order valence-corrected chi connectivity index (χ2v) is 14.1. The zero-order chi connectivity index (χ0) is 31.3. The SMILES string of the molecule is CNC(=S)N/N=C(/C(=N/NC(=S)NC[P+](c1ccccc1)(c1ccccc1)c1ccccc1)c1ccccc1)c1ccncc1. The van der Waals surface area contributed by atoms with Crippen molar-refractivity contribution in [1.29, 1.82) is 0 Å². The topological polar surface area (TPSA) is 85.7 Å². The molecule has 0 fully saturated rings. The summed E-state index contributed by atoms with van der Waals surface area (Å²) in [7, 11) is -0.420. The first-order valence-electron chi connectivity index (χ1n) is 14.3. The quantitative estimate of drug-likeness (QED) is 0.0758. The lowest BCUT2D eigenvalue weighted by molar-refractivity contribution is 0.958. The molecule has 10 heteroatoms. The predicted octanol–water partition coefficient (Wildman–Crippen LogP) is 4.70. The smallest absolute Gasteiger partial charge is 0.189 e. The van der Waals surface area contributed by atoms with Gasteiger partial charge in [-0.3, -0.25) is 15.8 Å². The summed E-state index contributed by atoms with van der Waals surface area (Å²) < 4.78 is 0. The second kappa shape index (κ2) is 15.8. The first-order valence-corrected chi connectivity index (χ1v) is 17.1. The Morgan fingerprint density at radius 3 is 1.42 bits per heavy atom. The minimum Gasteiger partial charge on any atom is -0.364 e. The van der Waals surface area contributed by atoms with Gasteiger partial charge in [-0.15, -0.1) is 0 Å². The van der Waals surface area contributed by atoms with Crippen LogP contribution in [0.2, 0.25) is 0 Å². The Kier molecular flexibility index (Phi) is 11.1. The van der Waals surface area contributed by atoms with E-state index < -0.39 is 7.26 Å². The number of hydrazone groups is 2. The Morgan fingerprint density at radius 1 is 0.578 bits per heavy atom. The maximum Gasteiger partial charge on any atom is 0.189 e. The molecule has 5 rings (SSSR count). The second-order valence-electron chi connectivity index (χ2n) is 9.81. The van der Waals surface area contributed by atoms with Gasteiger partial charge in [0.15, 0.2) is 10.2 Å². The highest BCUT2D eigenvalue weighted by Crippen LogP contribution is 2.54. The van der Waals surface area contributed by atoms with Crippen LogP contribution in [0.3, 0.4) is 0 Å². The molecule has 0 aliphatic heterocycles. The zero-order valence-corrected chi connectivity index (χ0v) is 27.2. The van der Waals surface area contributed by atoms with Gasteiger partial charge in [-0.05, 0) is 73.0 Å². The number of rotatable bonds is 10. The maximum absolute atomic E-state index is 5.86. The van der Waals surface area contributed by atoms with Gasteiger partial charge in [0, 0.05) is 30.6 Å². The molecule has 0 aliphatic rings. The molecule has 1 heterocycles. The van der Waals surface area contributed by atoms with E-state index >= 15 is 0 Å². The number of nitrogens with one attached hydrogen (secondary N) is 4. The van der Waals surface area contributed by atoms with Gasteiger partial charge in [0.25, 0.3) is 0 Å². The average molecular weight is 647 g/mol. The summed E-state index contributed by atoms with van der Waals surface area (Å²) in [4.78, 5) is 4.17. The zero-order valence-electron chi connectivity index (χ0n) is 24.7. The van der Waals surface area contributed by atoms with Gasteiger partial charge in [-0.2, -0.15) is 10.2 Å². The minimum absolute atomic E-state index is 0.377. The molecule has 0 unspecified atom stereocenters.